The molecule has 2 rings (SSSR count). The standard InChI is InChI=1S/C11H18N4O/c1-8-12-10(14-13-8)7-15(2)11(16)6-9-4-3-5-9/h9H,3-7H2,1-2H3,(H,12,13,14). The zero-order valence-electron chi connectivity index (χ0n) is 9.86. The van der Waals surface area contributed by atoms with Crippen molar-refractivity contribution >= 4 is 5.91 Å². The van der Waals surface area contributed by atoms with E-state index >= 15 is 0 Å². The van der Waals surface area contributed by atoms with Gasteiger partial charge in [-0.2, -0.15) is 5.10 Å². The number of aromatic amines is 1. The van der Waals surface area contributed by atoms with Crippen LogP contribution in [0.4, 0.5) is 0 Å². The summed E-state index contributed by atoms with van der Waals surface area (Å²) in [6, 6.07) is 0. The number of hydrogen-bond donors (Lipinski definition) is 1. The minimum Gasteiger partial charge on any atom is -0.338 e. The Hall–Kier alpha value is -1.39. The number of hydrogen-bond acceptors (Lipinski definition) is 3. The lowest BCUT2D eigenvalue weighted by Crippen LogP contribution is -2.30. The molecule has 0 aromatic carbocycles. The SMILES string of the molecule is Cc1nc(CN(C)C(=O)CC2CCC2)n[nH]1. The van der Waals surface area contributed by atoms with Crippen molar-refractivity contribution in [3.05, 3.63) is 11.6 Å². The molecule has 88 valence electrons. The molecule has 1 heterocycles. The lowest BCUT2D eigenvalue weighted by Gasteiger charge is -2.26. The van der Waals surface area contributed by atoms with Gasteiger partial charge in [-0.05, 0) is 25.7 Å². The molecule has 0 spiro atoms. The van der Waals surface area contributed by atoms with Gasteiger partial charge in [-0.25, -0.2) is 4.98 Å². The minimum absolute atomic E-state index is 0.201. The third-order valence-electron chi connectivity index (χ3n) is 3.14. The normalized spacial score (nSPS) is 15.9. The topological polar surface area (TPSA) is 61.9 Å². The van der Waals surface area contributed by atoms with E-state index in [1.807, 2.05) is 14.0 Å². The molecule has 0 bridgehead atoms. The molecule has 1 fully saturated rings. The molecule has 5 nitrogen and oxygen atoms in total. The van der Waals surface area contributed by atoms with Crippen LogP contribution in [0.15, 0.2) is 0 Å². The highest BCUT2D eigenvalue weighted by Crippen LogP contribution is 2.29. The predicted octanol–water partition coefficient (Wildman–Crippen LogP) is 1.26. The van der Waals surface area contributed by atoms with Gasteiger partial charge in [-0.3, -0.25) is 9.89 Å². The summed E-state index contributed by atoms with van der Waals surface area (Å²) in [5, 5.41) is 6.80. The van der Waals surface area contributed by atoms with Gasteiger partial charge in [0, 0.05) is 13.5 Å². The van der Waals surface area contributed by atoms with E-state index in [-0.39, 0.29) is 5.91 Å². The number of aromatic nitrogens is 3. The van der Waals surface area contributed by atoms with Crippen LogP contribution in [0.2, 0.25) is 0 Å². The summed E-state index contributed by atoms with van der Waals surface area (Å²) >= 11 is 0. The summed E-state index contributed by atoms with van der Waals surface area (Å²) in [7, 11) is 1.81. The van der Waals surface area contributed by atoms with Gasteiger partial charge < -0.3 is 4.90 Å². The van der Waals surface area contributed by atoms with E-state index in [1.54, 1.807) is 4.90 Å². The smallest absolute Gasteiger partial charge is 0.222 e. The van der Waals surface area contributed by atoms with Crippen molar-refractivity contribution in [3.8, 4) is 0 Å². The molecule has 0 atom stereocenters. The second-order valence-electron chi connectivity index (χ2n) is 4.59. The van der Waals surface area contributed by atoms with Crippen LogP contribution in [0.3, 0.4) is 0 Å². The molecular weight excluding hydrogens is 204 g/mol. The van der Waals surface area contributed by atoms with Gasteiger partial charge in [0.05, 0.1) is 6.54 Å². The number of nitrogens with zero attached hydrogens (tertiary/aromatic N) is 3. The van der Waals surface area contributed by atoms with Crippen molar-refractivity contribution in [3.63, 3.8) is 0 Å². The van der Waals surface area contributed by atoms with Crippen LogP contribution in [0.25, 0.3) is 0 Å². The fraction of sp³-hybridized carbons (Fsp3) is 0.727. The molecule has 0 saturated heterocycles. The second kappa shape index (κ2) is 4.63. The highest BCUT2D eigenvalue weighted by Gasteiger charge is 2.22. The monoisotopic (exact) mass is 222 g/mol. The lowest BCUT2D eigenvalue weighted by atomic mass is 9.83. The Morgan fingerprint density at radius 1 is 1.56 bits per heavy atom. The average Bonchev–Trinajstić information content (AvgIpc) is 2.57. The van der Waals surface area contributed by atoms with E-state index in [0.717, 1.165) is 5.82 Å². The number of rotatable bonds is 4. The van der Waals surface area contributed by atoms with E-state index in [9.17, 15) is 4.79 Å². The molecule has 1 aromatic rings. The second-order valence-corrected chi connectivity index (χ2v) is 4.59. The highest BCUT2D eigenvalue weighted by atomic mass is 16.2. The van der Waals surface area contributed by atoms with Crippen LogP contribution < -0.4 is 0 Å². The van der Waals surface area contributed by atoms with Crippen LogP contribution in [0.5, 0.6) is 0 Å². The average molecular weight is 222 g/mol. The molecule has 1 N–H and O–H groups in total. The highest BCUT2D eigenvalue weighted by molar-refractivity contribution is 5.76. The summed E-state index contributed by atoms with van der Waals surface area (Å²) in [6.45, 7) is 2.35. The summed E-state index contributed by atoms with van der Waals surface area (Å²) in [6.07, 6.45) is 4.38. The number of H-pyrrole nitrogens is 1. The maximum atomic E-state index is 11.8. The Kier molecular flexibility index (Phi) is 3.22. The van der Waals surface area contributed by atoms with Crippen LogP contribution in [0.1, 0.15) is 37.3 Å². The van der Waals surface area contributed by atoms with Crippen molar-refractivity contribution < 1.29 is 4.79 Å². The Bertz CT molecular complexity index is 370. The minimum atomic E-state index is 0.201. The van der Waals surface area contributed by atoms with E-state index in [2.05, 4.69) is 15.2 Å². The van der Waals surface area contributed by atoms with Crippen molar-refractivity contribution in [1.29, 1.82) is 0 Å². The summed E-state index contributed by atoms with van der Waals surface area (Å²) in [5.41, 5.74) is 0. The summed E-state index contributed by atoms with van der Waals surface area (Å²) in [5.74, 6) is 2.28. The van der Waals surface area contributed by atoms with E-state index in [4.69, 9.17) is 0 Å². The Labute approximate surface area is 95.2 Å². The van der Waals surface area contributed by atoms with E-state index in [1.165, 1.54) is 19.3 Å². The largest absolute Gasteiger partial charge is 0.338 e. The molecule has 16 heavy (non-hydrogen) atoms. The van der Waals surface area contributed by atoms with Crippen LogP contribution >= 0.6 is 0 Å². The molecule has 1 aliphatic rings. The molecular formula is C11H18N4O. The maximum absolute atomic E-state index is 11.8. The van der Waals surface area contributed by atoms with Crippen molar-refractivity contribution in [2.45, 2.75) is 39.2 Å². The Morgan fingerprint density at radius 3 is 2.81 bits per heavy atom. The number of amides is 1. The van der Waals surface area contributed by atoms with Crippen molar-refractivity contribution in [1.82, 2.24) is 20.1 Å². The van der Waals surface area contributed by atoms with Crippen LogP contribution in [-0.2, 0) is 11.3 Å². The van der Waals surface area contributed by atoms with Gasteiger partial charge in [0.15, 0.2) is 5.82 Å². The van der Waals surface area contributed by atoms with Gasteiger partial charge in [-0.15, -0.1) is 0 Å². The summed E-state index contributed by atoms with van der Waals surface area (Å²) < 4.78 is 0. The number of nitrogens with one attached hydrogen (secondary N) is 1. The molecule has 1 amide bonds. The van der Waals surface area contributed by atoms with E-state index < -0.39 is 0 Å². The zero-order chi connectivity index (χ0) is 11.5. The van der Waals surface area contributed by atoms with Crippen molar-refractivity contribution in [2.24, 2.45) is 5.92 Å². The first kappa shape index (κ1) is 11.1. The molecule has 1 aliphatic carbocycles. The van der Waals surface area contributed by atoms with Gasteiger partial charge in [0.2, 0.25) is 5.91 Å². The lowest BCUT2D eigenvalue weighted by molar-refractivity contribution is -0.132. The Morgan fingerprint density at radius 2 is 2.31 bits per heavy atom. The molecule has 1 aromatic heterocycles. The third-order valence-corrected chi connectivity index (χ3v) is 3.14. The van der Waals surface area contributed by atoms with Crippen molar-refractivity contribution in [2.75, 3.05) is 7.05 Å². The fourth-order valence-corrected chi connectivity index (χ4v) is 1.86. The first-order valence-electron chi connectivity index (χ1n) is 5.77. The molecule has 0 radical (unpaired) electrons. The molecule has 1 saturated carbocycles. The predicted molar refractivity (Wildman–Crippen MR) is 59.6 cm³/mol. The van der Waals surface area contributed by atoms with E-state index in [0.29, 0.717) is 24.7 Å². The maximum Gasteiger partial charge on any atom is 0.222 e. The Balaban J connectivity index is 1.82. The van der Waals surface area contributed by atoms with Crippen LogP contribution in [-0.4, -0.2) is 33.0 Å². The fourth-order valence-electron chi connectivity index (χ4n) is 1.86. The number of aryl methyl sites for hydroxylation is 1. The number of carbonyl (C=O) groups is 1. The third kappa shape index (κ3) is 2.59. The van der Waals surface area contributed by atoms with Gasteiger partial charge in [0.1, 0.15) is 5.82 Å². The molecule has 0 unspecified atom stereocenters. The zero-order valence-corrected chi connectivity index (χ0v) is 9.86. The molecule has 5 heteroatoms. The van der Waals surface area contributed by atoms with Gasteiger partial charge >= 0.3 is 0 Å². The summed E-state index contributed by atoms with van der Waals surface area (Å²) in [4.78, 5) is 17.7. The first-order chi connectivity index (χ1) is 7.65. The van der Waals surface area contributed by atoms with Crippen LogP contribution in [0, 0.1) is 12.8 Å². The quantitative estimate of drug-likeness (QED) is 0.834. The van der Waals surface area contributed by atoms with Gasteiger partial charge in [-0.1, -0.05) is 6.42 Å². The number of carbonyl (C=O) groups excluding carboxylic acids is 1. The van der Waals surface area contributed by atoms with Gasteiger partial charge in [0.25, 0.3) is 0 Å². The first-order valence-corrected chi connectivity index (χ1v) is 5.77. The molecule has 0 aliphatic heterocycles.